The quantitative estimate of drug-likeness (QED) is 0.103. The number of fused-ring (bicyclic) bond motifs is 8. The molecular formula is C43H42N4O8S2. The number of carbonyl (C=O) groups excluding carboxylic acids is 2. The summed E-state index contributed by atoms with van der Waals surface area (Å²) in [4.78, 5) is 34.6. The molecule has 14 heteroatoms. The summed E-state index contributed by atoms with van der Waals surface area (Å²) in [6, 6.07) is 25.1. The van der Waals surface area contributed by atoms with Gasteiger partial charge in [0.05, 0.1) is 25.5 Å². The van der Waals surface area contributed by atoms with Gasteiger partial charge in [-0.1, -0.05) is 48.5 Å². The standard InChI is InChI=1S/C43H42N4O8S2/c1-54-33-14-12-22(17-30(33)49)35-38(43(46-15-16-57-39(35)46)25-8-4-6-10-27(25)45-41(43)53)32(51)19-31(50)36-28-20-56-21-47(28)42(24-7-3-5-9-26(24)44-40(42)52)37(36)23-11-13-29(48)34(18-23)55-2/h3-14,17-19,28,35-39,41,45,48-50,53H,15-16,20-21H2,1-2H3,(H,44,52). The van der Waals surface area contributed by atoms with Gasteiger partial charge in [0, 0.05) is 76.3 Å². The molecule has 6 heterocycles. The number of benzene rings is 4. The van der Waals surface area contributed by atoms with Gasteiger partial charge in [-0.25, -0.2) is 0 Å². The number of aliphatic hydroxyl groups is 2. The minimum Gasteiger partial charge on any atom is -0.512 e. The lowest BCUT2D eigenvalue weighted by atomic mass is 9.69. The molecule has 294 valence electrons. The lowest BCUT2D eigenvalue weighted by Crippen LogP contribution is -2.55. The van der Waals surface area contributed by atoms with Crippen molar-refractivity contribution in [1.82, 2.24) is 9.80 Å². The summed E-state index contributed by atoms with van der Waals surface area (Å²) in [5, 5.41) is 52.8. The fourth-order valence-electron chi connectivity index (χ4n) is 11.1. The van der Waals surface area contributed by atoms with E-state index in [0.29, 0.717) is 40.7 Å². The number of aromatic hydroxyl groups is 2. The number of phenolic OH excluding ortho intramolecular Hbond substituents is 2. The average molecular weight is 807 g/mol. The van der Waals surface area contributed by atoms with Crippen LogP contribution in [-0.4, -0.2) is 97.7 Å². The third-order valence-corrected chi connectivity index (χ3v) is 15.6. The zero-order valence-electron chi connectivity index (χ0n) is 31.2. The molecule has 4 fully saturated rings. The number of nitrogens with zero attached hydrogens (tertiary/aromatic N) is 2. The number of hydrogen-bond donors (Lipinski definition) is 6. The van der Waals surface area contributed by atoms with Crippen LogP contribution < -0.4 is 20.1 Å². The second-order valence-corrected chi connectivity index (χ2v) is 17.7. The van der Waals surface area contributed by atoms with Crippen LogP contribution in [0.5, 0.6) is 23.0 Å². The Morgan fingerprint density at radius 2 is 1.63 bits per heavy atom. The molecule has 1 amide bonds. The first kappa shape index (κ1) is 36.5. The molecule has 9 unspecified atom stereocenters. The Balaban J connectivity index is 1.16. The molecule has 0 aromatic heterocycles. The SMILES string of the molecule is COc1ccc(C2C3SCCN3C3(c4ccccc4NC3O)C2C(=O)C=C(O)C2C3CSCN3C3(C(=O)Nc4ccccc43)C2c2ccc(O)c(OC)c2)cc1O. The highest BCUT2D eigenvalue weighted by Gasteiger charge is 2.71. The van der Waals surface area contributed by atoms with Gasteiger partial charge in [0.15, 0.2) is 28.8 Å². The summed E-state index contributed by atoms with van der Waals surface area (Å²) in [6.07, 6.45) is 0.183. The smallest absolute Gasteiger partial charge is 0.250 e. The maximum absolute atomic E-state index is 15.6. The van der Waals surface area contributed by atoms with E-state index >= 15 is 4.79 Å². The highest BCUT2D eigenvalue weighted by Crippen LogP contribution is 2.65. The van der Waals surface area contributed by atoms with Crippen LogP contribution in [-0.2, 0) is 20.7 Å². The van der Waals surface area contributed by atoms with E-state index < -0.39 is 41.0 Å². The van der Waals surface area contributed by atoms with Crippen LogP contribution in [0.25, 0.3) is 0 Å². The topological polar surface area (TPSA) is 164 Å². The molecule has 0 aliphatic carbocycles. The van der Waals surface area contributed by atoms with E-state index in [1.54, 1.807) is 47.8 Å². The van der Waals surface area contributed by atoms with E-state index in [-0.39, 0.29) is 46.1 Å². The average Bonchev–Trinajstić information content (AvgIpc) is 4.05. The van der Waals surface area contributed by atoms with E-state index in [1.807, 2.05) is 54.6 Å². The van der Waals surface area contributed by atoms with Gasteiger partial charge < -0.3 is 40.5 Å². The van der Waals surface area contributed by atoms with Gasteiger partial charge in [-0.05, 0) is 47.5 Å². The molecule has 0 saturated carbocycles. The van der Waals surface area contributed by atoms with E-state index in [4.69, 9.17) is 9.47 Å². The number of ketones is 1. The second kappa shape index (κ2) is 13.3. The number of aliphatic hydroxyl groups excluding tert-OH is 2. The molecule has 2 spiro atoms. The van der Waals surface area contributed by atoms with Gasteiger partial charge in [0.25, 0.3) is 0 Å². The summed E-state index contributed by atoms with van der Waals surface area (Å²) < 4.78 is 10.9. The normalized spacial score (nSPS) is 32.6. The van der Waals surface area contributed by atoms with Crippen LogP contribution in [0.15, 0.2) is 96.8 Å². The zero-order valence-corrected chi connectivity index (χ0v) is 32.8. The van der Waals surface area contributed by atoms with Crippen LogP contribution in [0, 0.1) is 11.8 Å². The van der Waals surface area contributed by atoms with Crippen LogP contribution in [0.2, 0.25) is 0 Å². The van der Waals surface area contributed by atoms with Crippen molar-refractivity contribution in [2.75, 3.05) is 48.8 Å². The van der Waals surface area contributed by atoms with Crippen molar-refractivity contribution in [3.8, 4) is 23.0 Å². The zero-order chi connectivity index (χ0) is 39.4. The fourth-order valence-corrected chi connectivity index (χ4v) is 14.0. The number of rotatable bonds is 7. The molecular weight excluding hydrogens is 765 g/mol. The second-order valence-electron chi connectivity index (χ2n) is 15.5. The predicted molar refractivity (Wildman–Crippen MR) is 218 cm³/mol. The van der Waals surface area contributed by atoms with Gasteiger partial charge in [-0.3, -0.25) is 19.4 Å². The molecule has 4 aromatic carbocycles. The third kappa shape index (κ3) is 4.88. The lowest BCUT2D eigenvalue weighted by molar-refractivity contribution is -0.127. The summed E-state index contributed by atoms with van der Waals surface area (Å²) in [6.45, 7) is 0.610. The van der Waals surface area contributed by atoms with E-state index in [2.05, 4.69) is 20.4 Å². The maximum atomic E-state index is 15.6. The summed E-state index contributed by atoms with van der Waals surface area (Å²) in [5.41, 5.74) is 1.92. The molecule has 9 atom stereocenters. The number of ether oxygens (including phenoxy) is 2. The minimum atomic E-state index is -1.25. The number of phenols is 2. The molecule has 0 radical (unpaired) electrons. The van der Waals surface area contributed by atoms with Crippen molar-refractivity contribution in [3.05, 3.63) is 119 Å². The third-order valence-electron chi connectivity index (χ3n) is 13.2. The van der Waals surface area contributed by atoms with Gasteiger partial charge in [0.1, 0.15) is 23.1 Å². The molecule has 4 saturated heterocycles. The summed E-state index contributed by atoms with van der Waals surface area (Å²) in [7, 11) is 2.95. The molecule has 4 aromatic rings. The van der Waals surface area contributed by atoms with Crippen molar-refractivity contribution >= 4 is 46.6 Å². The summed E-state index contributed by atoms with van der Waals surface area (Å²) >= 11 is 3.38. The number of methoxy groups -OCH3 is 2. The Bertz CT molecular complexity index is 2360. The Labute approximate surface area is 337 Å². The minimum absolute atomic E-state index is 0.0575. The van der Waals surface area contributed by atoms with Crippen molar-refractivity contribution in [2.24, 2.45) is 11.8 Å². The fraction of sp³-hybridized carbons (Fsp3) is 0.349. The van der Waals surface area contributed by atoms with Gasteiger partial charge in [-0.15, -0.1) is 23.5 Å². The highest BCUT2D eigenvalue weighted by molar-refractivity contribution is 8.00. The largest absolute Gasteiger partial charge is 0.512 e. The van der Waals surface area contributed by atoms with Crippen LogP contribution in [0.3, 0.4) is 0 Å². The number of nitrogens with one attached hydrogen (secondary N) is 2. The lowest BCUT2D eigenvalue weighted by Gasteiger charge is -2.41. The Hall–Kier alpha value is -4.86. The van der Waals surface area contributed by atoms with Crippen molar-refractivity contribution < 1.29 is 39.5 Å². The van der Waals surface area contributed by atoms with Crippen molar-refractivity contribution in [2.45, 2.75) is 40.6 Å². The van der Waals surface area contributed by atoms with E-state index in [1.165, 1.54) is 26.4 Å². The van der Waals surface area contributed by atoms with E-state index in [0.717, 1.165) is 22.6 Å². The Morgan fingerprint density at radius 3 is 2.40 bits per heavy atom. The van der Waals surface area contributed by atoms with Crippen LogP contribution in [0.4, 0.5) is 11.4 Å². The number of hydrogen-bond acceptors (Lipinski definition) is 13. The first-order valence-electron chi connectivity index (χ1n) is 19.0. The number of para-hydroxylation sites is 2. The molecule has 10 rings (SSSR count). The number of amides is 1. The Kier molecular flexibility index (Phi) is 8.54. The first-order valence-corrected chi connectivity index (χ1v) is 21.2. The molecule has 57 heavy (non-hydrogen) atoms. The van der Waals surface area contributed by atoms with Crippen LogP contribution >= 0.6 is 23.5 Å². The van der Waals surface area contributed by atoms with Gasteiger partial charge >= 0.3 is 0 Å². The molecule has 0 bridgehead atoms. The molecule has 6 N–H and O–H groups in total. The Morgan fingerprint density at radius 1 is 0.895 bits per heavy atom. The molecule has 12 nitrogen and oxygen atoms in total. The van der Waals surface area contributed by atoms with Gasteiger partial charge in [-0.2, -0.15) is 0 Å². The van der Waals surface area contributed by atoms with Gasteiger partial charge in [0.2, 0.25) is 5.91 Å². The predicted octanol–water partition coefficient (Wildman–Crippen LogP) is 5.49. The number of carbonyl (C=O) groups is 2. The van der Waals surface area contributed by atoms with Crippen LogP contribution in [0.1, 0.15) is 34.1 Å². The summed E-state index contributed by atoms with van der Waals surface area (Å²) in [5.74, 6) is -1.30. The maximum Gasteiger partial charge on any atom is 0.250 e. The first-order chi connectivity index (χ1) is 27.7. The number of thioether (sulfide) groups is 2. The van der Waals surface area contributed by atoms with Crippen molar-refractivity contribution in [1.29, 1.82) is 0 Å². The van der Waals surface area contributed by atoms with Crippen molar-refractivity contribution in [3.63, 3.8) is 0 Å². The monoisotopic (exact) mass is 806 g/mol. The number of allylic oxidation sites excluding steroid dienone is 1. The van der Waals surface area contributed by atoms with E-state index in [9.17, 15) is 25.2 Å². The molecule has 6 aliphatic heterocycles. The number of anilines is 2. The highest BCUT2D eigenvalue weighted by atomic mass is 32.2. The molecule has 6 aliphatic rings.